The molecule has 0 radical (unpaired) electrons. The van der Waals surface area contributed by atoms with Crippen LogP contribution in [0, 0.1) is 10.1 Å². The van der Waals surface area contributed by atoms with Gasteiger partial charge in [0, 0.05) is 18.1 Å². The number of nitrogens with zero attached hydrogens (tertiary/aromatic N) is 4. The van der Waals surface area contributed by atoms with Gasteiger partial charge in [-0.2, -0.15) is 0 Å². The number of benzene rings is 1. The van der Waals surface area contributed by atoms with E-state index in [-0.39, 0.29) is 5.69 Å². The molecular formula is C11H10ClN5O2. The first-order valence-corrected chi connectivity index (χ1v) is 6.11. The number of nitrogens with two attached hydrogens (primary N) is 1. The molecule has 0 aliphatic heterocycles. The maximum absolute atomic E-state index is 10.8. The predicted molar refractivity (Wildman–Crippen MR) is 69.4 cm³/mol. The minimum absolute atomic E-state index is 0.0461. The number of non-ortho nitro benzene ring substituents is 1. The highest BCUT2D eigenvalue weighted by molar-refractivity contribution is 6.32. The van der Waals surface area contributed by atoms with Crippen molar-refractivity contribution in [3.05, 3.63) is 39.0 Å². The smallest absolute Gasteiger partial charge is 0.271 e. The zero-order chi connectivity index (χ0) is 13.6. The molecule has 0 saturated heterocycles. The van der Waals surface area contributed by atoms with E-state index in [9.17, 15) is 10.1 Å². The Labute approximate surface area is 113 Å². The standard InChI is InChI=1S/C11H10ClN5O2/c12-8-4-3-7(17(18)19)5-9(8)16-10(6-1-2-6)11(13)14-15-16/h3-6H,1-2,13H2. The predicted octanol–water partition coefficient (Wildman–Crippen LogP) is 2.29. The number of halogens is 1. The number of hydrogen-bond acceptors (Lipinski definition) is 5. The average molecular weight is 280 g/mol. The van der Waals surface area contributed by atoms with Crippen molar-refractivity contribution in [3.8, 4) is 5.69 Å². The summed E-state index contributed by atoms with van der Waals surface area (Å²) in [6.07, 6.45) is 2.04. The van der Waals surface area contributed by atoms with E-state index in [1.807, 2.05) is 0 Å². The summed E-state index contributed by atoms with van der Waals surface area (Å²) in [5.74, 6) is 0.662. The van der Waals surface area contributed by atoms with Crippen molar-refractivity contribution in [2.45, 2.75) is 18.8 Å². The van der Waals surface area contributed by atoms with Crippen LogP contribution in [0.5, 0.6) is 0 Å². The Bertz CT molecular complexity index is 665. The van der Waals surface area contributed by atoms with Crippen molar-refractivity contribution < 1.29 is 4.92 Å². The highest BCUT2D eigenvalue weighted by Gasteiger charge is 2.31. The van der Waals surface area contributed by atoms with Crippen LogP contribution in [0.2, 0.25) is 5.02 Å². The Morgan fingerprint density at radius 1 is 1.47 bits per heavy atom. The topological polar surface area (TPSA) is 99.9 Å². The van der Waals surface area contributed by atoms with Gasteiger partial charge in [-0.25, -0.2) is 4.68 Å². The van der Waals surface area contributed by atoms with E-state index >= 15 is 0 Å². The summed E-state index contributed by atoms with van der Waals surface area (Å²) in [5.41, 5.74) is 6.96. The lowest BCUT2D eigenvalue weighted by atomic mass is 10.2. The fraction of sp³-hybridized carbons (Fsp3) is 0.273. The lowest BCUT2D eigenvalue weighted by molar-refractivity contribution is -0.384. The summed E-state index contributed by atoms with van der Waals surface area (Å²) >= 11 is 6.09. The molecule has 1 heterocycles. The Kier molecular flexibility index (Phi) is 2.63. The van der Waals surface area contributed by atoms with Crippen molar-refractivity contribution in [2.24, 2.45) is 0 Å². The molecule has 19 heavy (non-hydrogen) atoms. The molecule has 1 fully saturated rings. The van der Waals surface area contributed by atoms with Crippen LogP contribution in [0.15, 0.2) is 18.2 Å². The van der Waals surface area contributed by atoms with Gasteiger partial charge in [-0.15, -0.1) is 5.10 Å². The van der Waals surface area contributed by atoms with Gasteiger partial charge in [0.25, 0.3) is 5.69 Å². The Hall–Kier alpha value is -2.15. The maximum atomic E-state index is 10.8. The van der Waals surface area contributed by atoms with Gasteiger partial charge in [-0.05, 0) is 18.9 Å². The molecule has 2 aromatic rings. The summed E-state index contributed by atoms with van der Waals surface area (Å²) in [5, 5.41) is 19.0. The molecule has 2 N–H and O–H groups in total. The lowest BCUT2D eigenvalue weighted by Crippen LogP contribution is -2.04. The van der Waals surface area contributed by atoms with Gasteiger partial charge in [0.15, 0.2) is 5.82 Å². The summed E-state index contributed by atoms with van der Waals surface area (Å²) < 4.78 is 1.50. The van der Waals surface area contributed by atoms with Crippen LogP contribution in [0.4, 0.5) is 11.5 Å². The number of nitrogen functional groups attached to an aromatic ring is 1. The summed E-state index contributed by atoms with van der Waals surface area (Å²) in [6, 6.07) is 4.20. The molecule has 0 spiro atoms. The van der Waals surface area contributed by atoms with E-state index in [1.165, 1.54) is 22.9 Å². The van der Waals surface area contributed by atoms with Gasteiger partial charge in [0.2, 0.25) is 0 Å². The largest absolute Gasteiger partial charge is 0.381 e. The molecule has 8 heteroatoms. The van der Waals surface area contributed by atoms with E-state index in [0.29, 0.717) is 22.4 Å². The minimum Gasteiger partial charge on any atom is -0.381 e. The molecule has 7 nitrogen and oxygen atoms in total. The number of nitro benzene ring substituents is 1. The van der Waals surface area contributed by atoms with Crippen LogP contribution in [0.25, 0.3) is 5.69 Å². The highest BCUT2D eigenvalue weighted by Crippen LogP contribution is 2.43. The zero-order valence-corrected chi connectivity index (χ0v) is 10.5. The summed E-state index contributed by atoms with van der Waals surface area (Å²) in [7, 11) is 0. The first-order valence-electron chi connectivity index (χ1n) is 5.73. The third kappa shape index (κ3) is 2.01. The third-order valence-electron chi connectivity index (χ3n) is 3.07. The number of anilines is 1. The second kappa shape index (κ2) is 4.20. The molecule has 1 aromatic heterocycles. The van der Waals surface area contributed by atoms with Crippen LogP contribution < -0.4 is 5.73 Å². The quantitative estimate of drug-likeness (QED) is 0.686. The summed E-state index contributed by atoms with van der Waals surface area (Å²) in [4.78, 5) is 10.3. The van der Waals surface area contributed by atoms with Gasteiger partial charge < -0.3 is 5.73 Å². The first kappa shape index (κ1) is 11.9. The normalized spacial score (nSPS) is 14.6. The van der Waals surface area contributed by atoms with Crippen LogP contribution in [0.3, 0.4) is 0 Å². The first-order chi connectivity index (χ1) is 9.08. The number of aromatic nitrogens is 3. The van der Waals surface area contributed by atoms with Gasteiger partial charge in [-0.1, -0.05) is 16.8 Å². The SMILES string of the molecule is Nc1nnn(-c2cc([N+](=O)[O-])ccc2Cl)c1C1CC1. The number of rotatable bonds is 3. The lowest BCUT2D eigenvalue weighted by Gasteiger charge is -2.07. The van der Waals surface area contributed by atoms with Crippen molar-refractivity contribution in [1.29, 1.82) is 0 Å². The van der Waals surface area contributed by atoms with E-state index in [4.69, 9.17) is 17.3 Å². The van der Waals surface area contributed by atoms with Gasteiger partial charge in [0.05, 0.1) is 21.3 Å². The van der Waals surface area contributed by atoms with E-state index in [2.05, 4.69) is 10.3 Å². The third-order valence-corrected chi connectivity index (χ3v) is 3.38. The molecule has 1 aliphatic rings. The molecular weight excluding hydrogens is 270 g/mol. The Morgan fingerprint density at radius 3 is 2.84 bits per heavy atom. The number of hydrogen-bond donors (Lipinski definition) is 1. The highest BCUT2D eigenvalue weighted by atomic mass is 35.5. The molecule has 3 rings (SSSR count). The van der Waals surface area contributed by atoms with Crippen LogP contribution >= 0.6 is 11.6 Å². The number of nitro groups is 1. The Balaban J connectivity index is 2.16. The fourth-order valence-corrected chi connectivity index (χ4v) is 2.19. The van der Waals surface area contributed by atoms with Crippen molar-refractivity contribution in [1.82, 2.24) is 15.0 Å². The van der Waals surface area contributed by atoms with Gasteiger partial charge in [-0.3, -0.25) is 10.1 Å². The van der Waals surface area contributed by atoms with Crippen LogP contribution in [0.1, 0.15) is 24.5 Å². The Morgan fingerprint density at radius 2 is 2.21 bits per heavy atom. The zero-order valence-electron chi connectivity index (χ0n) is 9.78. The average Bonchev–Trinajstić information content (AvgIpc) is 3.13. The summed E-state index contributed by atoms with van der Waals surface area (Å²) in [6.45, 7) is 0. The fourth-order valence-electron chi connectivity index (χ4n) is 1.99. The van der Waals surface area contributed by atoms with E-state index < -0.39 is 4.92 Å². The molecule has 1 saturated carbocycles. The monoisotopic (exact) mass is 279 g/mol. The molecule has 98 valence electrons. The second-order valence-electron chi connectivity index (χ2n) is 4.44. The molecule has 0 atom stereocenters. The second-order valence-corrected chi connectivity index (χ2v) is 4.85. The molecule has 1 aliphatic carbocycles. The van der Waals surface area contributed by atoms with Gasteiger partial charge >= 0.3 is 0 Å². The van der Waals surface area contributed by atoms with Crippen LogP contribution in [-0.4, -0.2) is 19.9 Å². The van der Waals surface area contributed by atoms with Crippen molar-refractivity contribution in [3.63, 3.8) is 0 Å². The molecule has 1 aromatic carbocycles. The minimum atomic E-state index is -0.475. The molecule has 0 amide bonds. The van der Waals surface area contributed by atoms with Crippen molar-refractivity contribution >= 4 is 23.1 Å². The maximum Gasteiger partial charge on any atom is 0.271 e. The molecule has 0 unspecified atom stereocenters. The van der Waals surface area contributed by atoms with Crippen molar-refractivity contribution in [2.75, 3.05) is 5.73 Å². The van der Waals surface area contributed by atoms with Crippen LogP contribution in [-0.2, 0) is 0 Å². The van der Waals surface area contributed by atoms with E-state index in [0.717, 1.165) is 18.5 Å². The molecule has 0 bridgehead atoms. The van der Waals surface area contributed by atoms with Gasteiger partial charge in [0.1, 0.15) is 0 Å². The van der Waals surface area contributed by atoms with E-state index in [1.54, 1.807) is 0 Å².